The van der Waals surface area contributed by atoms with Gasteiger partial charge < -0.3 is 24.7 Å². The molecule has 2 N–H and O–H groups in total. The molecule has 4 heterocycles. The minimum Gasteiger partial charge on any atom is -0.456 e. The predicted octanol–water partition coefficient (Wildman–Crippen LogP) is 5.45. The van der Waals surface area contributed by atoms with Gasteiger partial charge in [0, 0.05) is 67.0 Å². The molecule has 6 rings (SSSR count). The Kier molecular flexibility index (Phi) is 6.28. The molecule has 0 saturated carbocycles. The summed E-state index contributed by atoms with van der Waals surface area (Å²) in [6.07, 6.45) is 5.00. The molecular formula is C28H24ClFN4O3. The number of aromatic nitrogens is 2. The van der Waals surface area contributed by atoms with Crippen LogP contribution in [0.3, 0.4) is 0 Å². The van der Waals surface area contributed by atoms with E-state index in [1.165, 1.54) is 6.07 Å². The van der Waals surface area contributed by atoms with Crippen molar-refractivity contribution < 1.29 is 13.9 Å². The van der Waals surface area contributed by atoms with Crippen LogP contribution in [0.4, 0.5) is 15.8 Å². The van der Waals surface area contributed by atoms with E-state index in [2.05, 4.69) is 15.3 Å². The molecule has 7 nitrogen and oxygen atoms in total. The Labute approximate surface area is 217 Å². The number of H-pyrrole nitrogens is 1. The van der Waals surface area contributed by atoms with Crippen LogP contribution in [0, 0.1) is 5.82 Å². The van der Waals surface area contributed by atoms with Crippen LogP contribution in [-0.2, 0) is 17.7 Å². The van der Waals surface area contributed by atoms with E-state index in [1.54, 1.807) is 36.8 Å². The molecule has 2 aromatic carbocycles. The minimum atomic E-state index is -0.364. The fourth-order valence-electron chi connectivity index (χ4n) is 4.86. The summed E-state index contributed by atoms with van der Waals surface area (Å²) in [5.74, 6) is 0.855. The molecule has 1 unspecified atom stereocenters. The molecule has 37 heavy (non-hydrogen) atoms. The molecular weight excluding hydrogens is 495 g/mol. The fourth-order valence-corrected chi connectivity index (χ4v) is 5.06. The van der Waals surface area contributed by atoms with Crippen molar-refractivity contribution in [2.24, 2.45) is 0 Å². The van der Waals surface area contributed by atoms with Crippen molar-refractivity contribution >= 4 is 23.0 Å². The number of hydrogen-bond donors (Lipinski definition) is 2. The first kappa shape index (κ1) is 23.5. The van der Waals surface area contributed by atoms with E-state index in [1.807, 2.05) is 29.2 Å². The zero-order valence-electron chi connectivity index (χ0n) is 19.8. The van der Waals surface area contributed by atoms with Crippen LogP contribution < -0.4 is 20.5 Å². The lowest BCUT2D eigenvalue weighted by Crippen LogP contribution is -2.41. The number of benzene rings is 2. The third-order valence-corrected chi connectivity index (χ3v) is 6.89. The number of nitrogens with zero attached hydrogens (tertiary/aromatic N) is 2. The highest BCUT2D eigenvalue weighted by molar-refractivity contribution is 6.30. The summed E-state index contributed by atoms with van der Waals surface area (Å²) in [6.45, 7) is 2.06. The summed E-state index contributed by atoms with van der Waals surface area (Å²) in [7, 11) is 0. The number of ether oxygens (including phenoxy) is 2. The second-order valence-corrected chi connectivity index (χ2v) is 9.54. The lowest BCUT2D eigenvalue weighted by atomic mass is 9.94. The monoisotopic (exact) mass is 518 g/mol. The molecule has 9 heteroatoms. The maximum atomic E-state index is 15.0. The predicted molar refractivity (Wildman–Crippen MR) is 140 cm³/mol. The lowest BCUT2D eigenvalue weighted by molar-refractivity contribution is 0.0382. The second-order valence-electron chi connectivity index (χ2n) is 9.10. The lowest BCUT2D eigenvalue weighted by Gasteiger charge is -2.35. The topological polar surface area (TPSA) is 79.5 Å². The van der Waals surface area contributed by atoms with Gasteiger partial charge in [0.15, 0.2) is 0 Å². The highest BCUT2D eigenvalue weighted by atomic mass is 35.5. The van der Waals surface area contributed by atoms with Crippen LogP contribution in [0.25, 0.3) is 0 Å². The number of morpholine rings is 1. The van der Waals surface area contributed by atoms with Gasteiger partial charge in [0.1, 0.15) is 29.1 Å². The van der Waals surface area contributed by atoms with Crippen molar-refractivity contribution in [3.8, 4) is 11.5 Å². The van der Waals surface area contributed by atoms with E-state index in [0.29, 0.717) is 60.4 Å². The van der Waals surface area contributed by atoms with E-state index >= 15 is 4.39 Å². The first-order chi connectivity index (χ1) is 18.0. The average molecular weight is 519 g/mol. The molecule has 0 bridgehead atoms. The zero-order valence-corrected chi connectivity index (χ0v) is 20.6. The van der Waals surface area contributed by atoms with E-state index in [-0.39, 0.29) is 17.5 Å². The Hall–Kier alpha value is -3.88. The van der Waals surface area contributed by atoms with Gasteiger partial charge in [-0.05, 0) is 54.1 Å². The van der Waals surface area contributed by atoms with Gasteiger partial charge in [-0.1, -0.05) is 11.6 Å². The number of hydrogen-bond acceptors (Lipinski definition) is 6. The van der Waals surface area contributed by atoms with Crippen molar-refractivity contribution in [1.82, 2.24) is 9.97 Å². The van der Waals surface area contributed by atoms with Gasteiger partial charge in [-0.2, -0.15) is 0 Å². The maximum absolute atomic E-state index is 15.0. The van der Waals surface area contributed by atoms with E-state index in [9.17, 15) is 4.79 Å². The smallest absolute Gasteiger partial charge is 0.271 e. The van der Waals surface area contributed by atoms with Gasteiger partial charge in [-0.25, -0.2) is 4.39 Å². The Morgan fingerprint density at radius 3 is 2.97 bits per heavy atom. The van der Waals surface area contributed by atoms with Gasteiger partial charge in [-0.3, -0.25) is 9.78 Å². The highest BCUT2D eigenvalue weighted by Gasteiger charge is 2.31. The summed E-state index contributed by atoms with van der Waals surface area (Å²) < 4.78 is 27.4. The molecule has 2 aliphatic rings. The third-order valence-electron chi connectivity index (χ3n) is 6.68. The number of halogens is 2. The molecule has 0 amide bonds. The van der Waals surface area contributed by atoms with Crippen molar-refractivity contribution in [3.05, 3.63) is 111 Å². The average Bonchev–Trinajstić information content (AvgIpc) is 2.92. The summed E-state index contributed by atoms with van der Waals surface area (Å²) in [4.78, 5) is 21.1. The van der Waals surface area contributed by atoms with Crippen molar-refractivity contribution in [2.45, 2.75) is 19.1 Å². The summed E-state index contributed by atoms with van der Waals surface area (Å²) in [6, 6.07) is 14.4. The standard InChI is InChI=1S/C28H24ClFN4O3/c29-19-10-17(13-31-15-19)14-33-20-3-6-25-18(11-20)12-22-23(30)5-4-21(27(22)37-25)26-16-34(8-9-36-26)24-2-1-7-32-28(24)35/h1-7,10-11,13,15,26,33H,8-9,12,14,16H2,(H,32,35). The summed E-state index contributed by atoms with van der Waals surface area (Å²) in [5, 5.41) is 3.95. The van der Waals surface area contributed by atoms with Gasteiger partial charge >= 0.3 is 0 Å². The van der Waals surface area contributed by atoms with Gasteiger partial charge in [-0.15, -0.1) is 0 Å². The van der Waals surface area contributed by atoms with Crippen molar-refractivity contribution in [3.63, 3.8) is 0 Å². The van der Waals surface area contributed by atoms with Crippen LogP contribution >= 0.6 is 11.6 Å². The fraction of sp³-hybridized carbons (Fsp3) is 0.214. The van der Waals surface area contributed by atoms with E-state index in [4.69, 9.17) is 21.1 Å². The summed E-state index contributed by atoms with van der Waals surface area (Å²) >= 11 is 6.03. The number of aromatic amines is 1. The first-order valence-corrected chi connectivity index (χ1v) is 12.4. The molecule has 1 fully saturated rings. The van der Waals surface area contributed by atoms with Gasteiger partial charge in [0.25, 0.3) is 5.56 Å². The normalized spacial score (nSPS) is 16.5. The molecule has 0 spiro atoms. The second kappa shape index (κ2) is 9.88. The van der Waals surface area contributed by atoms with Crippen LogP contribution in [0.5, 0.6) is 11.5 Å². The van der Waals surface area contributed by atoms with Crippen LogP contribution in [0.1, 0.15) is 28.4 Å². The largest absolute Gasteiger partial charge is 0.456 e. The minimum absolute atomic E-state index is 0.148. The van der Waals surface area contributed by atoms with E-state index in [0.717, 1.165) is 22.4 Å². The quantitative estimate of drug-likeness (QED) is 0.322. The Balaban J connectivity index is 1.24. The third kappa shape index (κ3) is 4.77. The van der Waals surface area contributed by atoms with Gasteiger partial charge in [0.2, 0.25) is 0 Å². The first-order valence-electron chi connectivity index (χ1n) is 12.0. The summed E-state index contributed by atoms with van der Waals surface area (Å²) in [5.41, 5.74) is 4.45. The molecule has 0 aliphatic carbocycles. The molecule has 188 valence electrons. The highest BCUT2D eigenvalue weighted by Crippen LogP contribution is 2.44. The number of pyridine rings is 2. The van der Waals surface area contributed by atoms with Crippen molar-refractivity contribution in [2.75, 3.05) is 29.9 Å². The van der Waals surface area contributed by atoms with Crippen LogP contribution in [0.15, 0.2) is 71.9 Å². The number of fused-ring (bicyclic) bond motifs is 2. The van der Waals surface area contributed by atoms with Crippen LogP contribution in [0.2, 0.25) is 5.02 Å². The molecule has 2 aliphatic heterocycles. The Morgan fingerprint density at radius 1 is 1.19 bits per heavy atom. The Bertz CT molecular complexity index is 1530. The molecule has 1 saturated heterocycles. The maximum Gasteiger partial charge on any atom is 0.271 e. The SMILES string of the molecule is O=c1[nH]cccc1N1CCOC(c2ccc(F)c3c2Oc2ccc(NCc4cncc(Cl)c4)cc2C3)C1. The number of nitrogens with one attached hydrogen (secondary N) is 2. The molecule has 2 aromatic heterocycles. The van der Waals surface area contributed by atoms with Gasteiger partial charge in [0.05, 0.1) is 11.6 Å². The molecule has 1 atom stereocenters. The number of anilines is 2. The zero-order chi connectivity index (χ0) is 25.4. The van der Waals surface area contributed by atoms with Crippen molar-refractivity contribution in [1.29, 1.82) is 0 Å². The molecule has 0 radical (unpaired) electrons. The van der Waals surface area contributed by atoms with Crippen LogP contribution in [-0.4, -0.2) is 29.7 Å². The Morgan fingerprint density at radius 2 is 2.11 bits per heavy atom. The number of rotatable bonds is 5. The van der Waals surface area contributed by atoms with E-state index < -0.39 is 0 Å². The molecule has 4 aromatic rings.